The summed E-state index contributed by atoms with van der Waals surface area (Å²) in [7, 11) is 0. The van der Waals surface area contributed by atoms with Crippen LogP contribution in [0.15, 0.2) is 58.5 Å². The van der Waals surface area contributed by atoms with Crippen molar-refractivity contribution in [3.8, 4) is 17.3 Å². The smallest absolute Gasteiger partial charge is 0.294 e. The Morgan fingerprint density at radius 3 is 2.59 bits per heavy atom. The van der Waals surface area contributed by atoms with Crippen LogP contribution in [0, 0.1) is 12.8 Å². The Kier molecular flexibility index (Phi) is 6.42. The van der Waals surface area contributed by atoms with Crippen molar-refractivity contribution in [2.24, 2.45) is 5.92 Å². The number of carbonyl (C=O) groups is 2. The molecule has 176 valence electrons. The molecule has 0 radical (unpaired) electrons. The third-order valence-electron chi connectivity index (χ3n) is 5.34. The zero-order chi connectivity index (χ0) is 24.4. The molecule has 1 amide bonds. The fourth-order valence-corrected chi connectivity index (χ4v) is 3.78. The van der Waals surface area contributed by atoms with Crippen LogP contribution in [0.3, 0.4) is 0 Å². The molecule has 3 aromatic rings. The van der Waals surface area contributed by atoms with E-state index in [4.69, 9.17) is 9.26 Å². The molecule has 0 saturated carbocycles. The van der Waals surface area contributed by atoms with E-state index in [1.165, 1.54) is 11.1 Å². The number of Topliss-reactive ketones (excluding diaryl/α,β-unsaturated/α-hetero) is 1. The first kappa shape index (κ1) is 23.1. The number of anilines is 1. The number of hydrogen-bond acceptors (Lipinski definition) is 9. The van der Waals surface area contributed by atoms with Gasteiger partial charge in [0.15, 0.2) is 17.4 Å². The van der Waals surface area contributed by atoms with Crippen LogP contribution in [0.25, 0.3) is 11.5 Å². The molecule has 2 N–H and O–H groups in total. The normalized spacial score (nSPS) is 16.0. The van der Waals surface area contributed by atoms with E-state index in [2.05, 4.69) is 15.1 Å². The molecule has 4 rings (SSSR count). The first-order valence-electron chi connectivity index (χ1n) is 10.7. The highest BCUT2D eigenvalue weighted by Crippen LogP contribution is 2.44. The molecule has 0 aliphatic carbocycles. The second-order valence-corrected chi connectivity index (χ2v) is 8.02. The fourth-order valence-electron chi connectivity index (χ4n) is 3.78. The van der Waals surface area contributed by atoms with Gasteiger partial charge in [-0.1, -0.05) is 19.0 Å². The molecule has 1 aromatic carbocycles. The maximum atomic E-state index is 13.2. The van der Waals surface area contributed by atoms with Gasteiger partial charge in [-0.05, 0) is 43.3 Å². The van der Waals surface area contributed by atoms with Crippen LogP contribution in [0.5, 0.6) is 5.88 Å². The van der Waals surface area contributed by atoms with Gasteiger partial charge in [0.2, 0.25) is 5.88 Å². The van der Waals surface area contributed by atoms with E-state index in [0.29, 0.717) is 28.5 Å². The summed E-state index contributed by atoms with van der Waals surface area (Å²) in [5.41, 5.74) is 1.47. The van der Waals surface area contributed by atoms with Gasteiger partial charge >= 0.3 is 0 Å². The Hall–Kier alpha value is -4.05. The number of aryl methyl sites for hydroxylation is 1. The van der Waals surface area contributed by atoms with Crippen LogP contribution < -0.4 is 9.64 Å². The number of aliphatic hydroxyl groups excluding tert-OH is 2. The summed E-state index contributed by atoms with van der Waals surface area (Å²) in [6, 6.07) is 9.10. The number of benzene rings is 1. The number of aliphatic hydroxyl groups is 2. The lowest BCUT2D eigenvalue weighted by Crippen LogP contribution is -2.32. The number of hydrogen-bond donors (Lipinski definition) is 2. The van der Waals surface area contributed by atoms with E-state index < -0.39 is 23.6 Å². The van der Waals surface area contributed by atoms with Gasteiger partial charge in [-0.3, -0.25) is 14.5 Å². The summed E-state index contributed by atoms with van der Waals surface area (Å²) < 4.78 is 10.8. The Balaban J connectivity index is 1.82. The Bertz CT molecular complexity index is 1250. The lowest BCUT2D eigenvalue weighted by Gasteiger charge is -2.28. The van der Waals surface area contributed by atoms with E-state index in [0.717, 1.165) is 0 Å². The van der Waals surface area contributed by atoms with E-state index in [9.17, 15) is 19.8 Å². The number of carbonyl (C=O) groups excluding carboxylic acids is 2. The summed E-state index contributed by atoms with van der Waals surface area (Å²) >= 11 is 0. The molecule has 1 unspecified atom stereocenters. The van der Waals surface area contributed by atoms with Crippen molar-refractivity contribution in [1.29, 1.82) is 0 Å². The van der Waals surface area contributed by atoms with Gasteiger partial charge in [0.05, 0.1) is 12.2 Å². The summed E-state index contributed by atoms with van der Waals surface area (Å²) in [4.78, 5) is 36.1. The van der Waals surface area contributed by atoms with E-state index in [1.54, 1.807) is 57.2 Å². The van der Waals surface area contributed by atoms with Crippen LogP contribution in [0.1, 0.15) is 31.3 Å². The highest BCUT2D eigenvalue weighted by Gasteiger charge is 2.46. The average Bonchev–Trinajstić information content (AvgIpc) is 3.38. The number of rotatable bonds is 8. The molecule has 3 heterocycles. The van der Waals surface area contributed by atoms with Gasteiger partial charge in [0.1, 0.15) is 12.6 Å². The predicted octanol–water partition coefficient (Wildman–Crippen LogP) is 2.94. The fraction of sp³-hybridized carbons (Fsp3) is 0.292. The lowest BCUT2D eigenvalue weighted by atomic mass is 9.91. The molecular formula is C24H24N4O6. The minimum Gasteiger partial charge on any atom is -0.503 e. The average molecular weight is 464 g/mol. The third kappa shape index (κ3) is 4.15. The van der Waals surface area contributed by atoms with Crippen molar-refractivity contribution < 1.29 is 29.1 Å². The van der Waals surface area contributed by atoms with Crippen molar-refractivity contribution in [3.63, 3.8) is 0 Å². The molecule has 0 saturated heterocycles. The first-order chi connectivity index (χ1) is 16.3. The van der Waals surface area contributed by atoms with Crippen LogP contribution in [0.2, 0.25) is 0 Å². The van der Waals surface area contributed by atoms with Crippen molar-refractivity contribution >= 4 is 17.4 Å². The second-order valence-electron chi connectivity index (χ2n) is 8.02. The molecule has 0 fully saturated rings. The molecule has 1 atom stereocenters. The SMILES string of the molecule is Cc1noc(-c2ccc(N3C(=O)C(O)=C(C(=O)C(C)C)C3c3cccnc3OCCO)cc2)n1. The number of ether oxygens (including phenoxy) is 1. The van der Waals surface area contributed by atoms with E-state index >= 15 is 0 Å². The van der Waals surface area contributed by atoms with Gasteiger partial charge < -0.3 is 19.5 Å². The Morgan fingerprint density at radius 2 is 1.97 bits per heavy atom. The Labute approximate surface area is 195 Å². The first-order valence-corrected chi connectivity index (χ1v) is 10.7. The minimum absolute atomic E-state index is 0.0217. The van der Waals surface area contributed by atoms with Gasteiger partial charge in [-0.25, -0.2) is 4.98 Å². The van der Waals surface area contributed by atoms with Crippen LogP contribution in [0.4, 0.5) is 5.69 Å². The van der Waals surface area contributed by atoms with Gasteiger partial charge in [-0.2, -0.15) is 4.98 Å². The number of aromatic nitrogens is 3. The van der Waals surface area contributed by atoms with Crippen molar-refractivity contribution in [2.75, 3.05) is 18.1 Å². The largest absolute Gasteiger partial charge is 0.503 e. The zero-order valence-electron chi connectivity index (χ0n) is 18.9. The highest BCUT2D eigenvalue weighted by molar-refractivity contribution is 6.17. The number of pyridine rings is 1. The summed E-state index contributed by atoms with van der Waals surface area (Å²) in [6.07, 6.45) is 1.51. The maximum absolute atomic E-state index is 13.2. The molecule has 1 aliphatic rings. The molecule has 2 aromatic heterocycles. The van der Waals surface area contributed by atoms with Crippen LogP contribution in [-0.4, -0.2) is 50.2 Å². The summed E-state index contributed by atoms with van der Waals surface area (Å²) in [5.74, 6) is -1.18. The second kappa shape index (κ2) is 9.44. The zero-order valence-corrected chi connectivity index (χ0v) is 18.9. The molecule has 1 aliphatic heterocycles. The Morgan fingerprint density at radius 1 is 1.24 bits per heavy atom. The summed E-state index contributed by atoms with van der Waals surface area (Å²) in [5, 5.41) is 23.8. The third-order valence-corrected chi connectivity index (χ3v) is 5.34. The monoisotopic (exact) mass is 464 g/mol. The van der Waals surface area contributed by atoms with Crippen molar-refractivity contribution in [2.45, 2.75) is 26.8 Å². The summed E-state index contributed by atoms with van der Waals surface area (Å²) in [6.45, 7) is 4.84. The lowest BCUT2D eigenvalue weighted by molar-refractivity contribution is -0.119. The predicted molar refractivity (Wildman–Crippen MR) is 121 cm³/mol. The molecule has 10 nitrogen and oxygen atoms in total. The molecule has 10 heteroatoms. The molecule has 0 spiro atoms. The standard InChI is InChI=1S/C24H24N4O6/c1-13(2)20(30)18-19(17-5-4-10-25-23(17)33-12-11-29)28(24(32)21(18)31)16-8-6-15(7-9-16)22-26-14(3)27-34-22/h4-10,13,19,29,31H,11-12H2,1-3H3. The quantitative estimate of drug-likeness (QED) is 0.515. The van der Waals surface area contributed by atoms with Gasteiger partial charge in [0.25, 0.3) is 11.8 Å². The van der Waals surface area contributed by atoms with Crippen molar-refractivity contribution in [3.05, 3.63) is 65.3 Å². The minimum atomic E-state index is -0.971. The molecule has 34 heavy (non-hydrogen) atoms. The van der Waals surface area contributed by atoms with Gasteiger partial charge in [0, 0.05) is 28.9 Å². The number of nitrogens with zero attached hydrogens (tertiary/aromatic N) is 4. The van der Waals surface area contributed by atoms with Crippen molar-refractivity contribution in [1.82, 2.24) is 15.1 Å². The van der Waals surface area contributed by atoms with E-state index in [-0.39, 0.29) is 30.5 Å². The maximum Gasteiger partial charge on any atom is 0.294 e. The van der Waals surface area contributed by atoms with Gasteiger partial charge in [-0.15, -0.1) is 0 Å². The number of ketones is 1. The molecular weight excluding hydrogens is 440 g/mol. The van der Waals surface area contributed by atoms with Crippen LogP contribution >= 0.6 is 0 Å². The van der Waals surface area contributed by atoms with E-state index in [1.807, 2.05) is 0 Å². The molecule has 0 bridgehead atoms. The van der Waals surface area contributed by atoms with Crippen LogP contribution in [-0.2, 0) is 9.59 Å². The topological polar surface area (TPSA) is 139 Å². The highest BCUT2D eigenvalue weighted by atomic mass is 16.5. The number of amides is 1.